The van der Waals surface area contributed by atoms with Crippen LogP contribution in [0, 0.1) is 0 Å². The number of likely N-dealkylation sites (tertiary alicyclic amines) is 1. The Kier molecular flexibility index (Phi) is 19.2. The van der Waals surface area contributed by atoms with E-state index in [1.54, 1.807) is 110 Å². The third kappa shape index (κ3) is 15.3. The van der Waals surface area contributed by atoms with E-state index in [1.807, 2.05) is 40.0 Å². The van der Waals surface area contributed by atoms with Crippen LogP contribution in [0.2, 0.25) is 0 Å². The van der Waals surface area contributed by atoms with Gasteiger partial charge in [-0.2, -0.15) is 0 Å². The number of nitrogens with one attached hydrogen (secondary N) is 2. The minimum atomic E-state index is -0.607. The smallest absolute Gasteiger partial charge is 0.414 e. The molecule has 7 aromatic heterocycles. The summed E-state index contributed by atoms with van der Waals surface area (Å²) >= 11 is 0. The van der Waals surface area contributed by atoms with Gasteiger partial charge in [-0.05, 0) is 90.8 Å². The second kappa shape index (κ2) is 26.4. The molecule has 3 aliphatic heterocycles. The number of aromatic nitrogens is 7. The van der Waals surface area contributed by atoms with Gasteiger partial charge >= 0.3 is 12.2 Å². The highest BCUT2D eigenvalue weighted by Crippen LogP contribution is 2.31. The lowest BCUT2D eigenvalue weighted by Crippen LogP contribution is -2.49. The number of aldehydes is 1. The summed E-state index contributed by atoms with van der Waals surface area (Å²) in [5.74, 6) is 1.27. The molecule has 0 aromatic carbocycles. The van der Waals surface area contributed by atoms with Crippen LogP contribution in [-0.2, 0) is 49.9 Å². The Morgan fingerprint density at radius 3 is 1.74 bits per heavy atom. The van der Waals surface area contributed by atoms with Gasteiger partial charge < -0.3 is 57.9 Å². The number of piperidine rings is 1. The molecule has 0 spiro atoms. The molecule has 10 rings (SSSR count). The number of nitrogens with zero attached hydrogens (tertiary/aromatic N) is 10. The predicted molar refractivity (Wildman–Crippen MR) is 310 cm³/mol. The molecular formula is C58H72N12O12. The van der Waals surface area contributed by atoms with Crippen LogP contribution < -0.4 is 41.7 Å². The van der Waals surface area contributed by atoms with Crippen LogP contribution >= 0.6 is 0 Å². The van der Waals surface area contributed by atoms with Gasteiger partial charge in [0.15, 0.2) is 17.8 Å². The Bertz CT molecular complexity index is 3580. The van der Waals surface area contributed by atoms with Gasteiger partial charge in [0, 0.05) is 77.6 Å². The molecule has 436 valence electrons. The monoisotopic (exact) mass is 1130 g/mol. The summed E-state index contributed by atoms with van der Waals surface area (Å²) in [7, 11) is 5.21. The van der Waals surface area contributed by atoms with Crippen molar-refractivity contribution < 1.29 is 42.8 Å². The van der Waals surface area contributed by atoms with Crippen molar-refractivity contribution >= 4 is 68.6 Å². The largest absolute Gasteiger partial charge is 0.486 e. The number of amides is 2. The van der Waals surface area contributed by atoms with Gasteiger partial charge in [0.25, 0.3) is 16.7 Å². The topological polar surface area (TPSA) is 258 Å². The summed E-state index contributed by atoms with van der Waals surface area (Å²) in [5, 5.41) is 6.04. The van der Waals surface area contributed by atoms with Gasteiger partial charge in [-0.3, -0.25) is 48.7 Å². The number of pyridine rings is 7. The molecule has 10 heterocycles. The van der Waals surface area contributed by atoms with Gasteiger partial charge in [-0.15, -0.1) is 0 Å². The number of anilines is 3. The van der Waals surface area contributed by atoms with Gasteiger partial charge in [0.05, 0.1) is 113 Å². The molecule has 0 bridgehead atoms. The van der Waals surface area contributed by atoms with Crippen LogP contribution in [0.1, 0.15) is 60.1 Å². The van der Waals surface area contributed by atoms with E-state index in [4.69, 9.17) is 28.4 Å². The zero-order chi connectivity index (χ0) is 58.7. The molecule has 24 nitrogen and oxygen atoms in total. The van der Waals surface area contributed by atoms with E-state index in [0.29, 0.717) is 85.1 Å². The van der Waals surface area contributed by atoms with Crippen molar-refractivity contribution in [2.75, 3.05) is 82.7 Å². The fourth-order valence-corrected chi connectivity index (χ4v) is 9.34. The second-order valence-electron chi connectivity index (χ2n) is 21.6. The van der Waals surface area contributed by atoms with Crippen molar-refractivity contribution in [3.05, 3.63) is 122 Å². The quantitative estimate of drug-likeness (QED) is 0.120. The third-order valence-corrected chi connectivity index (χ3v) is 13.5. The zero-order valence-corrected chi connectivity index (χ0v) is 47.9. The standard InChI is InChI=1S/C29H38N6O5.C18H23N3O5.C11H11N3O2/c1-29(2,3)40-28(37)35(19-21-16-25-26(18-31-21)39-14-13-38-25)22-7-9-33(10-8-22)11-12-34-24-15-20(30-4)17-32-23(24)5-6-27(34)36;1-18(2,3)26-17(23)20(4)12-9-14-13(19-10-12)5-6-15(22)21(14)11-16-24-7-8-25-16;1-12-8-6-10-9(13-7-8)2-3-11(16)14(10)4-5-15/h5-6,15-18,22,30H,7-14,19H2,1-4H3;5-6,9-10,16H,7-8,11H2,1-4H3;2-3,5-7,12H,4H2,1H3. The molecule has 0 atom stereocenters. The average molecular weight is 1130 g/mol. The van der Waals surface area contributed by atoms with Gasteiger partial charge in [-0.1, -0.05) is 0 Å². The minimum Gasteiger partial charge on any atom is -0.486 e. The molecule has 0 unspecified atom stereocenters. The molecule has 7 aromatic rings. The minimum absolute atomic E-state index is 0.00349. The second-order valence-corrected chi connectivity index (χ2v) is 21.6. The Balaban J connectivity index is 0.000000179. The summed E-state index contributed by atoms with van der Waals surface area (Å²) in [6.45, 7) is 16.6. The summed E-state index contributed by atoms with van der Waals surface area (Å²) in [4.78, 5) is 95.8. The van der Waals surface area contributed by atoms with Crippen molar-refractivity contribution in [1.29, 1.82) is 0 Å². The maximum atomic E-state index is 13.3. The Morgan fingerprint density at radius 2 is 1.17 bits per heavy atom. The molecular weight excluding hydrogens is 1060 g/mol. The molecule has 3 aliphatic rings. The Morgan fingerprint density at radius 1 is 0.646 bits per heavy atom. The Hall–Kier alpha value is -8.48. The summed E-state index contributed by atoms with van der Waals surface area (Å²) in [5.41, 5.74) is 5.49. The van der Waals surface area contributed by atoms with Crippen LogP contribution in [0.15, 0.2) is 99.8 Å². The van der Waals surface area contributed by atoms with Crippen LogP contribution in [-0.4, -0.2) is 153 Å². The van der Waals surface area contributed by atoms with E-state index < -0.39 is 23.6 Å². The summed E-state index contributed by atoms with van der Waals surface area (Å²) in [6, 6.07) is 16.9. The lowest BCUT2D eigenvalue weighted by Gasteiger charge is -2.39. The molecule has 2 N–H and O–H groups in total. The maximum absolute atomic E-state index is 13.3. The summed E-state index contributed by atoms with van der Waals surface area (Å²) in [6.07, 6.45) is 7.64. The van der Waals surface area contributed by atoms with E-state index in [2.05, 4.69) is 35.5 Å². The number of fused-ring (bicyclic) bond motifs is 4. The van der Waals surface area contributed by atoms with Gasteiger partial charge in [0.2, 0.25) is 0 Å². The molecule has 0 saturated carbocycles. The molecule has 0 radical (unpaired) electrons. The van der Waals surface area contributed by atoms with Gasteiger partial charge in [0.1, 0.15) is 30.7 Å². The normalized spacial score (nSPS) is 14.7. The SMILES string of the molecule is CN(C(=O)OC(C)(C)C)c1cnc2ccc(=O)n(CC3OCCO3)c2c1.CNc1cnc2ccc(=O)n(CC=O)c2c1.CNc1cnc2ccc(=O)n(CCN3CCC(N(Cc4cc5c(cn4)OCCO5)C(=O)OC(C)(C)C)CC3)c2c1. The number of hydrogen-bond acceptors (Lipinski definition) is 19. The Labute approximate surface area is 473 Å². The first-order valence-electron chi connectivity index (χ1n) is 27.1. The van der Waals surface area contributed by atoms with Crippen LogP contribution in [0.4, 0.5) is 26.7 Å². The number of ether oxygens (including phenoxy) is 6. The molecule has 0 aliphatic carbocycles. The summed E-state index contributed by atoms with van der Waals surface area (Å²) < 4.78 is 38.1. The van der Waals surface area contributed by atoms with Crippen LogP contribution in [0.3, 0.4) is 0 Å². The fourth-order valence-electron chi connectivity index (χ4n) is 9.34. The first-order chi connectivity index (χ1) is 39.2. The predicted octanol–water partition coefficient (Wildman–Crippen LogP) is 6.28. The first kappa shape index (κ1) is 59.6. The lowest BCUT2D eigenvalue weighted by atomic mass is 10.0. The highest BCUT2D eigenvalue weighted by Gasteiger charge is 2.32. The zero-order valence-electron chi connectivity index (χ0n) is 47.9. The third-order valence-electron chi connectivity index (χ3n) is 13.5. The van der Waals surface area contributed by atoms with Crippen molar-refractivity contribution in [1.82, 2.24) is 43.4 Å². The van der Waals surface area contributed by atoms with Crippen molar-refractivity contribution in [3.63, 3.8) is 0 Å². The molecule has 2 saturated heterocycles. The van der Waals surface area contributed by atoms with Crippen molar-refractivity contribution in [2.24, 2.45) is 0 Å². The maximum Gasteiger partial charge on any atom is 0.414 e. The van der Waals surface area contributed by atoms with Crippen LogP contribution in [0.5, 0.6) is 11.5 Å². The fraction of sp³-hybridized carbons (Fsp3) is 0.448. The number of carbonyl (C=O) groups excluding carboxylic acids is 3. The lowest BCUT2D eigenvalue weighted by molar-refractivity contribution is -0.108. The molecule has 82 heavy (non-hydrogen) atoms. The van der Waals surface area contributed by atoms with Crippen molar-refractivity contribution in [2.45, 2.75) is 104 Å². The van der Waals surface area contributed by atoms with Crippen molar-refractivity contribution in [3.8, 4) is 11.5 Å². The van der Waals surface area contributed by atoms with E-state index in [-0.39, 0.29) is 41.9 Å². The number of hydrogen-bond donors (Lipinski definition) is 2. The van der Waals surface area contributed by atoms with Gasteiger partial charge in [-0.25, -0.2) is 9.59 Å². The van der Waals surface area contributed by atoms with E-state index in [1.165, 1.54) is 21.6 Å². The number of carbonyl (C=O) groups is 3. The first-order valence-corrected chi connectivity index (χ1v) is 27.1. The number of rotatable bonds is 13. The molecule has 24 heteroatoms. The van der Waals surface area contributed by atoms with Crippen LogP contribution in [0.25, 0.3) is 33.1 Å². The van der Waals surface area contributed by atoms with E-state index in [0.717, 1.165) is 60.6 Å². The highest BCUT2D eigenvalue weighted by atomic mass is 16.7. The average Bonchev–Trinajstić information content (AvgIpc) is 3.95. The highest BCUT2D eigenvalue weighted by molar-refractivity contribution is 5.90. The van der Waals surface area contributed by atoms with E-state index >= 15 is 0 Å². The van der Waals surface area contributed by atoms with E-state index in [9.17, 15) is 28.8 Å². The molecule has 2 fully saturated rings. The molecule has 2 amide bonds.